The van der Waals surface area contributed by atoms with Crippen molar-refractivity contribution < 1.29 is 27.8 Å². The van der Waals surface area contributed by atoms with Gasteiger partial charge in [0.15, 0.2) is 0 Å². The van der Waals surface area contributed by atoms with Crippen LogP contribution < -0.4 is 9.64 Å². The first-order valence-electron chi connectivity index (χ1n) is 12.5. The van der Waals surface area contributed by atoms with Crippen molar-refractivity contribution in [2.24, 2.45) is 5.92 Å². The summed E-state index contributed by atoms with van der Waals surface area (Å²) in [5.74, 6) is -0.509. The molecule has 0 amide bonds. The Bertz CT molecular complexity index is 1040. The van der Waals surface area contributed by atoms with E-state index >= 15 is 0 Å². The fourth-order valence-corrected chi connectivity index (χ4v) is 6.12. The molecule has 1 heterocycles. The van der Waals surface area contributed by atoms with Crippen LogP contribution in [0, 0.1) is 5.92 Å². The Labute approximate surface area is 203 Å². The smallest absolute Gasteiger partial charge is 0.481 e. The number of fused-ring (bicyclic) bond motifs is 2. The first kappa shape index (κ1) is 24.0. The molecular formula is C27H31F3N2O3. The third kappa shape index (κ3) is 5.42. The van der Waals surface area contributed by atoms with Gasteiger partial charge in [-0.05, 0) is 73.9 Å². The van der Waals surface area contributed by atoms with Crippen LogP contribution in [0.3, 0.4) is 0 Å². The number of anilines is 1. The molecule has 0 aromatic heterocycles. The monoisotopic (exact) mass is 488 g/mol. The normalized spacial score (nSPS) is 23.8. The molecule has 1 N–H and O–H groups in total. The fourth-order valence-electron chi connectivity index (χ4n) is 6.12. The SMILES string of the molecule is O=C(O)CCCN(C1CC1)C1c2ccccc2N(Cc2ccc(OC(F)(F)F)cc2)C2CCCC21. The Kier molecular flexibility index (Phi) is 6.66. The summed E-state index contributed by atoms with van der Waals surface area (Å²) < 4.78 is 41.7. The molecule has 188 valence electrons. The van der Waals surface area contributed by atoms with Crippen molar-refractivity contribution in [2.45, 2.75) is 76.0 Å². The van der Waals surface area contributed by atoms with Crippen LogP contribution in [0.4, 0.5) is 18.9 Å². The minimum absolute atomic E-state index is 0.186. The van der Waals surface area contributed by atoms with E-state index in [4.69, 9.17) is 5.11 Å². The second-order valence-corrected chi connectivity index (χ2v) is 9.95. The van der Waals surface area contributed by atoms with E-state index in [0.717, 1.165) is 31.4 Å². The Morgan fingerprint density at radius 2 is 1.80 bits per heavy atom. The van der Waals surface area contributed by atoms with E-state index in [1.54, 1.807) is 12.1 Å². The van der Waals surface area contributed by atoms with Crippen LogP contribution in [-0.4, -0.2) is 41.0 Å². The fraction of sp³-hybridized carbons (Fsp3) is 0.519. The standard InChI is InChI=1S/C27H31F3N2O3/c28-27(29,30)35-20-14-10-18(11-15-20)17-32-23-7-2-1-5-21(23)26(22-6-3-8-24(22)32)31(19-12-13-19)16-4-9-25(33)34/h1-2,5,7,10-11,14-15,19,22,24,26H,3-4,6,8-9,12-13,16-17H2,(H,33,34). The molecule has 1 aliphatic heterocycles. The van der Waals surface area contributed by atoms with Crippen molar-refractivity contribution in [1.29, 1.82) is 0 Å². The van der Waals surface area contributed by atoms with Gasteiger partial charge in [0.25, 0.3) is 0 Å². The topological polar surface area (TPSA) is 53.0 Å². The number of hydrogen-bond donors (Lipinski definition) is 1. The number of carboxylic acid groups (broad SMARTS) is 1. The van der Waals surface area contributed by atoms with Crippen molar-refractivity contribution in [3.05, 3.63) is 59.7 Å². The number of ether oxygens (including phenoxy) is 1. The molecule has 3 aliphatic rings. The Morgan fingerprint density at radius 1 is 1.06 bits per heavy atom. The van der Waals surface area contributed by atoms with E-state index in [1.807, 2.05) is 6.07 Å². The molecule has 35 heavy (non-hydrogen) atoms. The van der Waals surface area contributed by atoms with Crippen molar-refractivity contribution in [2.75, 3.05) is 11.4 Å². The van der Waals surface area contributed by atoms with E-state index in [1.165, 1.54) is 36.2 Å². The number of benzene rings is 2. The average molecular weight is 489 g/mol. The third-order valence-electron chi connectivity index (χ3n) is 7.59. The summed E-state index contributed by atoms with van der Waals surface area (Å²) in [5.41, 5.74) is 3.41. The molecular weight excluding hydrogens is 457 g/mol. The minimum Gasteiger partial charge on any atom is -0.481 e. The van der Waals surface area contributed by atoms with Gasteiger partial charge in [0.1, 0.15) is 5.75 Å². The molecule has 0 spiro atoms. The number of aliphatic carboxylic acids is 1. The zero-order valence-electron chi connectivity index (χ0n) is 19.6. The Morgan fingerprint density at radius 3 is 2.49 bits per heavy atom. The van der Waals surface area contributed by atoms with Gasteiger partial charge in [-0.1, -0.05) is 36.8 Å². The minimum atomic E-state index is -4.70. The van der Waals surface area contributed by atoms with Gasteiger partial charge in [-0.25, -0.2) is 0 Å². The van der Waals surface area contributed by atoms with Crippen LogP contribution in [0.15, 0.2) is 48.5 Å². The predicted octanol–water partition coefficient (Wildman–Crippen LogP) is 6.14. The second-order valence-electron chi connectivity index (χ2n) is 9.95. The number of hydrogen-bond acceptors (Lipinski definition) is 4. The number of carbonyl (C=O) groups is 1. The molecule has 0 saturated heterocycles. The lowest BCUT2D eigenvalue weighted by Gasteiger charge is -2.49. The summed E-state index contributed by atoms with van der Waals surface area (Å²) in [6, 6.07) is 15.8. The van der Waals surface area contributed by atoms with E-state index in [9.17, 15) is 18.0 Å². The van der Waals surface area contributed by atoms with Crippen LogP contribution in [0.5, 0.6) is 5.75 Å². The zero-order chi connectivity index (χ0) is 24.6. The molecule has 5 nitrogen and oxygen atoms in total. The average Bonchev–Trinajstić information content (AvgIpc) is 3.53. The predicted molar refractivity (Wildman–Crippen MR) is 126 cm³/mol. The van der Waals surface area contributed by atoms with Gasteiger partial charge >= 0.3 is 12.3 Å². The van der Waals surface area contributed by atoms with Crippen LogP contribution in [0.25, 0.3) is 0 Å². The van der Waals surface area contributed by atoms with Crippen molar-refractivity contribution >= 4 is 11.7 Å². The van der Waals surface area contributed by atoms with Crippen molar-refractivity contribution in [1.82, 2.24) is 4.90 Å². The molecule has 2 aliphatic carbocycles. The second kappa shape index (κ2) is 9.72. The summed E-state index contributed by atoms with van der Waals surface area (Å²) in [6.45, 7) is 1.42. The van der Waals surface area contributed by atoms with Gasteiger partial charge in [-0.15, -0.1) is 13.2 Å². The van der Waals surface area contributed by atoms with Gasteiger partial charge in [0.05, 0.1) is 0 Å². The first-order chi connectivity index (χ1) is 16.8. The maximum absolute atomic E-state index is 12.5. The van der Waals surface area contributed by atoms with E-state index < -0.39 is 12.3 Å². The lowest BCUT2D eigenvalue weighted by Crippen LogP contribution is -2.49. The molecule has 0 bridgehead atoms. The highest BCUT2D eigenvalue weighted by Gasteiger charge is 2.48. The van der Waals surface area contributed by atoms with Crippen molar-refractivity contribution in [3.63, 3.8) is 0 Å². The summed E-state index contributed by atoms with van der Waals surface area (Å²) in [4.78, 5) is 16.2. The van der Waals surface area contributed by atoms with Crippen LogP contribution in [0.2, 0.25) is 0 Å². The van der Waals surface area contributed by atoms with E-state index in [0.29, 0.717) is 31.0 Å². The third-order valence-corrected chi connectivity index (χ3v) is 7.59. The largest absolute Gasteiger partial charge is 0.573 e. The Balaban J connectivity index is 1.41. The summed E-state index contributed by atoms with van der Waals surface area (Å²) >= 11 is 0. The van der Waals surface area contributed by atoms with Crippen LogP contribution >= 0.6 is 0 Å². The van der Waals surface area contributed by atoms with E-state index in [-0.39, 0.29) is 18.2 Å². The first-order valence-corrected chi connectivity index (χ1v) is 12.5. The summed E-state index contributed by atoms with van der Waals surface area (Å²) in [7, 11) is 0. The number of carboxylic acids is 1. The number of rotatable bonds is 9. The van der Waals surface area contributed by atoms with Gasteiger partial charge in [-0.2, -0.15) is 0 Å². The van der Waals surface area contributed by atoms with E-state index in [2.05, 4.69) is 32.7 Å². The van der Waals surface area contributed by atoms with Gasteiger partial charge in [0, 0.05) is 36.8 Å². The highest BCUT2D eigenvalue weighted by molar-refractivity contribution is 5.66. The molecule has 2 saturated carbocycles. The highest BCUT2D eigenvalue weighted by Crippen LogP contribution is 2.52. The molecule has 3 unspecified atom stereocenters. The number of halogens is 3. The number of nitrogens with zero attached hydrogens (tertiary/aromatic N) is 2. The molecule has 2 aromatic rings. The quantitative estimate of drug-likeness (QED) is 0.459. The summed E-state index contributed by atoms with van der Waals surface area (Å²) in [6.07, 6.45) is 1.82. The maximum Gasteiger partial charge on any atom is 0.573 e. The van der Waals surface area contributed by atoms with Gasteiger partial charge in [-0.3, -0.25) is 9.69 Å². The van der Waals surface area contributed by atoms with Gasteiger partial charge < -0.3 is 14.7 Å². The zero-order valence-corrected chi connectivity index (χ0v) is 19.6. The molecule has 2 fully saturated rings. The molecule has 0 radical (unpaired) electrons. The highest BCUT2D eigenvalue weighted by atomic mass is 19.4. The maximum atomic E-state index is 12.5. The van der Waals surface area contributed by atoms with Crippen LogP contribution in [-0.2, 0) is 11.3 Å². The molecule has 5 rings (SSSR count). The van der Waals surface area contributed by atoms with Gasteiger partial charge in [0.2, 0.25) is 0 Å². The lowest BCUT2D eigenvalue weighted by atomic mass is 9.81. The summed E-state index contributed by atoms with van der Waals surface area (Å²) in [5, 5.41) is 9.16. The molecule has 8 heteroatoms. The molecule has 3 atom stereocenters. The van der Waals surface area contributed by atoms with Crippen molar-refractivity contribution in [3.8, 4) is 5.75 Å². The Hall–Kier alpha value is -2.74. The number of alkyl halides is 3. The number of para-hydroxylation sites is 1. The molecule has 2 aromatic carbocycles. The lowest BCUT2D eigenvalue weighted by molar-refractivity contribution is -0.274. The van der Waals surface area contributed by atoms with Crippen LogP contribution in [0.1, 0.15) is 62.1 Å².